The van der Waals surface area contributed by atoms with E-state index in [0.29, 0.717) is 68.8 Å². The van der Waals surface area contributed by atoms with Crippen molar-refractivity contribution in [2.24, 2.45) is 4.99 Å². The highest BCUT2D eigenvalue weighted by molar-refractivity contribution is 9.10. The van der Waals surface area contributed by atoms with Gasteiger partial charge in [-0.25, -0.2) is 9.79 Å². The number of esters is 1. The average molecular weight is 644 g/mol. The van der Waals surface area contributed by atoms with Gasteiger partial charge in [0.15, 0.2) is 27.8 Å². The summed E-state index contributed by atoms with van der Waals surface area (Å²) in [6.45, 7) is 11.0. The highest BCUT2D eigenvalue weighted by Crippen LogP contribution is 2.38. The lowest BCUT2D eigenvalue weighted by Crippen LogP contribution is -2.39. The zero-order valence-corrected chi connectivity index (χ0v) is 25.7. The molecule has 0 saturated carbocycles. The molecule has 0 amide bonds. The lowest BCUT2D eigenvalue weighted by Gasteiger charge is -2.23. The molecular formula is C30H31BrN2O7S. The zero-order valence-electron chi connectivity index (χ0n) is 23.3. The van der Waals surface area contributed by atoms with Crippen LogP contribution in [0.3, 0.4) is 0 Å². The quantitative estimate of drug-likeness (QED) is 0.211. The van der Waals surface area contributed by atoms with Crippen LogP contribution >= 0.6 is 27.3 Å². The topological polar surface area (TPSA) is 97.6 Å². The van der Waals surface area contributed by atoms with Gasteiger partial charge >= 0.3 is 5.97 Å². The van der Waals surface area contributed by atoms with E-state index < -0.39 is 12.0 Å². The van der Waals surface area contributed by atoms with Gasteiger partial charge in [0.1, 0.15) is 6.61 Å². The van der Waals surface area contributed by atoms with Crippen molar-refractivity contribution in [3.63, 3.8) is 0 Å². The fourth-order valence-corrected chi connectivity index (χ4v) is 5.90. The van der Waals surface area contributed by atoms with Gasteiger partial charge in [-0.15, -0.1) is 0 Å². The second-order valence-corrected chi connectivity index (χ2v) is 10.5. The minimum atomic E-state index is -0.781. The highest BCUT2D eigenvalue weighted by Gasteiger charge is 2.31. The normalized spacial score (nSPS) is 14.4. The van der Waals surface area contributed by atoms with E-state index in [2.05, 4.69) is 27.5 Å². The van der Waals surface area contributed by atoms with E-state index in [1.54, 1.807) is 24.3 Å². The van der Waals surface area contributed by atoms with Gasteiger partial charge in [0.05, 0.1) is 47.6 Å². The monoisotopic (exact) mass is 642 g/mol. The third-order valence-corrected chi connectivity index (χ3v) is 7.57. The van der Waals surface area contributed by atoms with E-state index in [-0.39, 0.29) is 11.1 Å². The van der Waals surface area contributed by atoms with Crippen molar-refractivity contribution in [2.45, 2.75) is 26.8 Å². The Morgan fingerprint density at radius 1 is 1.05 bits per heavy atom. The molecule has 216 valence electrons. The van der Waals surface area contributed by atoms with Crippen molar-refractivity contribution < 1.29 is 28.5 Å². The number of ether oxygens (including phenoxy) is 5. The largest absolute Gasteiger partial charge is 0.490 e. The van der Waals surface area contributed by atoms with Gasteiger partial charge in [-0.3, -0.25) is 9.36 Å². The van der Waals surface area contributed by atoms with Crippen molar-refractivity contribution in [2.75, 3.05) is 33.5 Å². The molecule has 4 rings (SSSR count). The molecule has 1 atom stereocenters. The minimum Gasteiger partial charge on any atom is -0.490 e. The first-order chi connectivity index (χ1) is 19.9. The Balaban J connectivity index is 1.88. The van der Waals surface area contributed by atoms with E-state index in [1.165, 1.54) is 29.2 Å². The smallest absolute Gasteiger partial charge is 0.337 e. The standard InChI is InChI=1S/C30H31BrN2O7S/c1-6-12-40-27-21(31)13-18(14-24(27)39-9-4)15-25-28(34)33-26(20(29(35)36-5)17-32-30(33)41-25)19-10-11-22(37-7-2)23(16-19)38-8-3/h6,10-11,13-17,26H,1,7-9,12H2,2-5H3/b25-15+/t26-/m1/s1. The van der Waals surface area contributed by atoms with Crippen molar-refractivity contribution in [3.8, 4) is 23.0 Å². The first-order valence-electron chi connectivity index (χ1n) is 13.1. The minimum absolute atomic E-state index is 0.225. The number of aromatic nitrogens is 1. The van der Waals surface area contributed by atoms with Gasteiger partial charge in [0.2, 0.25) is 0 Å². The number of fused-ring (bicyclic) bond motifs is 1. The van der Waals surface area contributed by atoms with Crippen LogP contribution in [-0.4, -0.2) is 44.1 Å². The summed E-state index contributed by atoms with van der Waals surface area (Å²) in [5.74, 6) is 1.59. The molecule has 3 aromatic rings. The van der Waals surface area contributed by atoms with Crippen LogP contribution in [0.15, 0.2) is 69.0 Å². The molecule has 0 unspecified atom stereocenters. The molecule has 11 heteroatoms. The van der Waals surface area contributed by atoms with Crippen molar-refractivity contribution in [3.05, 3.63) is 90.0 Å². The summed E-state index contributed by atoms with van der Waals surface area (Å²) >= 11 is 4.78. The molecule has 1 aliphatic heterocycles. The Hall–Kier alpha value is -3.83. The van der Waals surface area contributed by atoms with Gasteiger partial charge in [0.25, 0.3) is 5.56 Å². The first-order valence-corrected chi connectivity index (χ1v) is 14.7. The van der Waals surface area contributed by atoms with E-state index in [9.17, 15) is 9.59 Å². The molecule has 2 heterocycles. The second kappa shape index (κ2) is 13.7. The summed E-state index contributed by atoms with van der Waals surface area (Å²) in [6.07, 6.45) is 4.87. The van der Waals surface area contributed by atoms with Crippen LogP contribution in [0.5, 0.6) is 23.0 Å². The predicted molar refractivity (Wildman–Crippen MR) is 161 cm³/mol. The Morgan fingerprint density at radius 2 is 1.76 bits per heavy atom. The molecule has 0 aliphatic carbocycles. The maximum absolute atomic E-state index is 13.9. The summed E-state index contributed by atoms with van der Waals surface area (Å²) in [5, 5.41) is 0. The molecule has 9 nitrogen and oxygen atoms in total. The fraction of sp³-hybridized carbons (Fsp3) is 0.300. The number of carbonyl (C=O) groups is 1. The number of hydrogen-bond acceptors (Lipinski definition) is 9. The number of nitrogens with zero attached hydrogens (tertiary/aromatic N) is 2. The first kappa shape index (κ1) is 30.1. The van der Waals surface area contributed by atoms with E-state index >= 15 is 0 Å². The summed E-state index contributed by atoms with van der Waals surface area (Å²) in [7, 11) is 1.30. The molecule has 1 aliphatic rings. The Labute approximate surface area is 250 Å². The molecule has 41 heavy (non-hydrogen) atoms. The van der Waals surface area contributed by atoms with Gasteiger partial charge in [-0.05, 0) is 78.2 Å². The number of halogens is 1. The number of benzene rings is 2. The van der Waals surface area contributed by atoms with Gasteiger partial charge < -0.3 is 23.7 Å². The van der Waals surface area contributed by atoms with Gasteiger partial charge in [-0.2, -0.15) is 0 Å². The third-order valence-electron chi connectivity index (χ3n) is 5.98. The predicted octanol–water partition coefficient (Wildman–Crippen LogP) is 4.54. The number of hydrogen-bond donors (Lipinski definition) is 0. The van der Waals surface area contributed by atoms with Crippen LogP contribution in [0.1, 0.15) is 37.9 Å². The molecule has 0 spiro atoms. The Bertz CT molecular complexity index is 1660. The lowest BCUT2D eigenvalue weighted by molar-refractivity contribution is -0.136. The molecule has 0 radical (unpaired) electrons. The molecule has 0 fully saturated rings. The summed E-state index contributed by atoms with van der Waals surface area (Å²) in [6, 6.07) is 8.24. The number of thiazole rings is 1. The molecular weight excluding hydrogens is 612 g/mol. The number of carbonyl (C=O) groups excluding carboxylic acids is 1. The molecule has 0 saturated heterocycles. The van der Waals surface area contributed by atoms with Crippen molar-refractivity contribution in [1.29, 1.82) is 0 Å². The number of rotatable bonds is 12. The van der Waals surface area contributed by atoms with E-state index in [1.807, 2.05) is 39.0 Å². The second-order valence-electron chi connectivity index (χ2n) is 8.61. The average Bonchev–Trinajstić information content (AvgIpc) is 3.27. The third kappa shape index (κ3) is 6.41. The fourth-order valence-electron chi connectivity index (χ4n) is 4.36. The van der Waals surface area contributed by atoms with Crippen LogP contribution in [0.25, 0.3) is 6.08 Å². The SMILES string of the molecule is C=CCOc1c(Br)cc(/C=c2/sc3n(c2=O)[C@H](c2ccc(OCC)c(OCC)c2)C(C(=O)OC)=CN=3)cc1OCC. The maximum atomic E-state index is 13.9. The van der Waals surface area contributed by atoms with E-state index in [4.69, 9.17) is 23.7 Å². The van der Waals surface area contributed by atoms with Crippen LogP contribution in [0.2, 0.25) is 0 Å². The highest BCUT2D eigenvalue weighted by atomic mass is 79.9. The molecule has 0 bridgehead atoms. The summed E-state index contributed by atoms with van der Waals surface area (Å²) < 4.78 is 30.8. The van der Waals surface area contributed by atoms with Crippen molar-refractivity contribution in [1.82, 2.24) is 4.57 Å². The summed E-state index contributed by atoms with van der Waals surface area (Å²) in [4.78, 5) is 31.6. The van der Waals surface area contributed by atoms with Crippen LogP contribution in [0.4, 0.5) is 0 Å². The van der Waals surface area contributed by atoms with Crippen LogP contribution in [0, 0.1) is 0 Å². The van der Waals surface area contributed by atoms with Crippen LogP contribution in [-0.2, 0) is 9.53 Å². The van der Waals surface area contributed by atoms with E-state index in [0.717, 1.165) is 5.56 Å². The van der Waals surface area contributed by atoms with Gasteiger partial charge in [0, 0.05) is 6.20 Å². The molecule has 2 aromatic carbocycles. The van der Waals surface area contributed by atoms with Crippen molar-refractivity contribution >= 4 is 39.3 Å². The molecule has 0 N–H and O–H groups in total. The maximum Gasteiger partial charge on any atom is 0.337 e. The molecule has 1 aromatic heterocycles. The zero-order chi connectivity index (χ0) is 29.5. The Morgan fingerprint density at radius 3 is 2.44 bits per heavy atom. The van der Waals surface area contributed by atoms with Crippen LogP contribution < -0.4 is 33.8 Å². The Kier molecular flexibility index (Phi) is 10.1. The number of methoxy groups -OCH3 is 1. The van der Waals surface area contributed by atoms with Gasteiger partial charge in [-0.1, -0.05) is 30.1 Å². The lowest BCUT2D eigenvalue weighted by atomic mass is 9.97. The summed E-state index contributed by atoms with van der Waals surface area (Å²) in [5.41, 5.74) is 1.30.